The zero-order chi connectivity index (χ0) is 8.69. The lowest BCUT2D eigenvalue weighted by atomic mass is 10.3. The minimum atomic E-state index is -0.506. The summed E-state index contributed by atoms with van der Waals surface area (Å²) in [5.41, 5.74) is 0. The maximum absolute atomic E-state index is 10.8. The number of carbonyl (C=O) groups excluding carboxylic acids is 1. The molecule has 0 spiro atoms. The molecule has 0 aliphatic rings. The van der Waals surface area contributed by atoms with Crippen LogP contribution in [0.3, 0.4) is 0 Å². The number of hydrogen-bond donors (Lipinski definition) is 3. The predicted molar refractivity (Wildman–Crippen MR) is 41.0 cm³/mol. The van der Waals surface area contributed by atoms with Crippen LogP contribution in [0.1, 0.15) is 19.8 Å². The second-order valence-electron chi connectivity index (χ2n) is 2.48. The van der Waals surface area contributed by atoms with Gasteiger partial charge in [0.05, 0.1) is 6.10 Å². The summed E-state index contributed by atoms with van der Waals surface area (Å²) in [7, 11) is 0. The standard InChI is InChI=1S/C7H15NO3/c1-6(10)5-8-7(11)3-2-4-9/h6,9-10H,2-5H2,1H3,(H,8,11)/t6-/m1/s1. The first-order chi connectivity index (χ1) is 5.16. The molecule has 0 heterocycles. The van der Waals surface area contributed by atoms with Gasteiger partial charge in [0.25, 0.3) is 0 Å². The average molecular weight is 161 g/mol. The Morgan fingerprint density at radius 3 is 2.73 bits per heavy atom. The molecular weight excluding hydrogens is 146 g/mol. The van der Waals surface area contributed by atoms with E-state index in [0.717, 1.165) is 0 Å². The maximum atomic E-state index is 10.8. The quantitative estimate of drug-likeness (QED) is 0.497. The topological polar surface area (TPSA) is 69.6 Å². The molecule has 0 fully saturated rings. The van der Waals surface area contributed by atoms with E-state index in [1.165, 1.54) is 0 Å². The van der Waals surface area contributed by atoms with Crippen LogP contribution in [0, 0.1) is 0 Å². The number of aliphatic hydroxyl groups is 2. The number of aliphatic hydroxyl groups excluding tert-OH is 2. The minimum absolute atomic E-state index is 0.0299. The molecule has 0 saturated heterocycles. The molecule has 3 N–H and O–H groups in total. The van der Waals surface area contributed by atoms with E-state index in [-0.39, 0.29) is 19.1 Å². The molecule has 0 aromatic carbocycles. The van der Waals surface area contributed by atoms with Crippen LogP contribution in [0.15, 0.2) is 0 Å². The van der Waals surface area contributed by atoms with Crippen molar-refractivity contribution >= 4 is 5.91 Å². The van der Waals surface area contributed by atoms with Gasteiger partial charge in [-0.05, 0) is 13.3 Å². The molecular formula is C7H15NO3. The van der Waals surface area contributed by atoms with Crippen molar-refractivity contribution in [2.24, 2.45) is 0 Å². The lowest BCUT2D eigenvalue weighted by Gasteiger charge is -2.05. The van der Waals surface area contributed by atoms with Crippen molar-refractivity contribution in [3.8, 4) is 0 Å². The van der Waals surface area contributed by atoms with Gasteiger partial charge in [-0.25, -0.2) is 0 Å². The van der Waals surface area contributed by atoms with Crippen LogP contribution in [0.2, 0.25) is 0 Å². The predicted octanol–water partition coefficient (Wildman–Crippen LogP) is -0.744. The van der Waals surface area contributed by atoms with E-state index in [1.54, 1.807) is 6.92 Å². The van der Waals surface area contributed by atoms with E-state index in [4.69, 9.17) is 10.2 Å². The summed E-state index contributed by atoms with van der Waals surface area (Å²) in [5, 5.41) is 19.6. The first-order valence-corrected chi connectivity index (χ1v) is 3.72. The fourth-order valence-corrected chi connectivity index (χ4v) is 0.590. The summed E-state index contributed by atoms with van der Waals surface area (Å²) in [6.45, 7) is 1.92. The van der Waals surface area contributed by atoms with Gasteiger partial charge >= 0.3 is 0 Å². The van der Waals surface area contributed by atoms with Crippen molar-refractivity contribution < 1.29 is 15.0 Å². The van der Waals surface area contributed by atoms with E-state index in [2.05, 4.69) is 5.32 Å². The van der Waals surface area contributed by atoms with Crippen molar-refractivity contribution in [1.29, 1.82) is 0 Å². The van der Waals surface area contributed by atoms with Gasteiger partial charge in [-0.3, -0.25) is 4.79 Å². The molecule has 0 radical (unpaired) electrons. The summed E-state index contributed by atoms with van der Waals surface area (Å²) < 4.78 is 0. The minimum Gasteiger partial charge on any atom is -0.396 e. The van der Waals surface area contributed by atoms with E-state index in [0.29, 0.717) is 12.8 Å². The van der Waals surface area contributed by atoms with Crippen LogP contribution in [-0.2, 0) is 4.79 Å². The third kappa shape index (κ3) is 7.29. The summed E-state index contributed by atoms with van der Waals surface area (Å²) in [6.07, 6.45) is 0.294. The van der Waals surface area contributed by atoms with Crippen LogP contribution in [-0.4, -0.2) is 35.4 Å². The number of nitrogens with one attached hydrogen (secondary N) is 1. The average Bonchev–Trinajstić information content (AvgIpc) is 1.97. The number of hydrogen-bond acceptors (Lipinski definition) is 3. The molecule has 0 aliphatic carbocycles. The Morgan fingerprint density at radius 1 is 1.64 bits per heavy atom. The Kier molecular flexibility index (Phi) is 5.78. The molecule has 66 valence electrons. The highest BCUT2D eigenvalue weighted by Gasteiger charge is 2.00. The molecule has 4 nitrogen and oxygen atoms in total. The lowest BCUT2D eigenvalue weighted by molar-refractivity contribution is -0.121. The molecule has 0 rings (SSSR count). The van der Waals surface area contributed by atoms with Gasteiger partial charge in [0, 0.05) is 19.6 Å². The summed E-state index contributed by atoms with van der Waals surface area (Å²) in [6, 6.07) is 0. The smallest absolute Gasteiger partial charge is 0.220 e. The number of amides is 1. The van der Waals surface area contributed by atoms with Crippen molar-refractivity contribution in [2.45, 2.75) is 25.9 Å². The molecule has 11 heavy (non-hydrogen) atoms. The molecule has 0 saturated carbocycles. The molecule has 1 amide bonds. The second kappa shape index (κ2) is 6.12. The van der Waals surface area contributed by atoms with Gasteiger partial charge in [0.15, 0.2) is 0 Å². The van der Waals surface area contributed by atoms with Crippen molar-refractivity contribution in [3.63, 3.8) is 0 Å². The number of carbonyl (C=O) groups is 1. The first-order valence-electron chi connectivity index (χ1n) is 3.72. The zero-order valence-corrected chi connectivity index (χ0v) is 6.71. The highest BCUT2D eigenvalue weighted by Crippen LogP contribution is 1.86. The van der Waals surface area contributed by atoms with Gasteiger partial charge in [-0.1, -0.05) is 0 Å². The van der Waals surface area contributed by atoms with Crippen molar-refractivity contribution in [2.75, 3.05) is 13.2 Å². The highest BCUT2D eigenvalue weighted by molar-refractivity contribution is 5.75. The largest absolute Gasteiger partial charge is 0.396 e. The molecule has 0 aromatic rings. The lowest BCUT2D eigenvalue weighted by Crippen LogP contribution is -2.30. The van der Waals surface area contributed by atoms with E-state index in [1.807, 2.05) is 0 Å². The monoisotopic (exact) mass is 161 g/mol. The van der Waals surface area contributed by atoms with Gasteiger partial charge < -0.3 is 15.5 Å². The van der Waals surface area contributed by atoms with Crippen LogP contribution in [0.25, 0.3) is 0 Å². The third-order valence-electron chi connectivity index (χ3n) is 1.16. The van der Waals surface area contributed by atoms with E-state index in [9.17, 15) is 4.79 Å². The third-order valence-corrected chi connectivity index (χ3v) is 1.16. The Balaban J connectivity index is 3.23. The van der Waals surface area contributed by atoms with Crippen LogP contribution < -0.4 is 5.32 Å². The van der Waals surface area contributed by atoms with Crippen molar-refractivity contribution in [3.05, 3.63) is 0 Å². The number of rotatable bonds is 5. The van der Waals surface area contributed by atoms with Gasteiger partial charge in [0.2, 0.25) is 5.91 Å². The van der Waals surface area contributed by atoms with Crippen molar-refractivity contribution in [1.82, 2.24) is 5.32 Å². The highest BCUT2D eigenvalue weighted by atomic mass is 16.3. The van der Waals surface area contributed by atoms with Crippen LogP contribution >= 0.6 is 0 Å². The SMILES string of the molecule is C[C@@H](O)CNC(=O)CCCO. The van der Waals surface area contributed by atoms with E-state index >= 15 is 0 Å². The Labute approximate surface area is 66.2 Å². The normalized spacial score (nSPS) is 12.6. The van der Waals surface area contributed by atoms with Crippen LogP contribution in [0.4, 0.5) is 0 Å². The van der Waals surface area contributed by atoms with Crippen LogP contribution in [0.5, 0.6) is 0 Å². The molecule has 0 unspecified atom stereocenters. The summed E-state index contributed by atoms with van der Waals surface area (Å²) >= 11 is 0. The fourth-order valence-electron chi connectivity index (χ4n) is 0.590. The first kappa shape index (κ1) is 10.4. The maximum Gasteiger partial charge on any atom is 0.220 e. The zero-order valence-electron chi connectivity index (χ0n) is 6.71. The molecule has 0 aliphatic heterocycles. The Morgan fingerprint density at radius 2 is 2.27 bits per heavy atom. The second-order valence-corrected chi connectivity index (χ2v) is 2.48. The van der Waals surface area contributed by atoms with Gasteiger partial charge in [0.1, 0.15) is 0 Å². The van der Waals surface area contributed by atoms with E-state index < -0.39 is 6.10 Å². The van der Waals surface area contributed by atoms with Gasteiger partial charge in [-0.2, -0.15) is 0 Å². The fraction of sp³-hybridized carbons (Fsp3) is 0.857. The Bertz CT molecular complexity index is 114. The summed E-state index contributed by atoms with van der Waals surface area (Å²) in [4.78, 5) is 10.8. The van der Waals surface area contributed by atoms with Gasteiger partial charge in [-0.15, -0.1) is 0 Å². The summed E-state index contributed by atoms with van der Waals surface area (Å²) in [5.74, 6) is -0.125. The Hall–Kier alpha value is -0.610. The molecule has 1 atom stereocenters. The molecule has 4 heteroatoms. The molecule has 0 bridgehead atoms. The molecule has 0 aromatic heterocycles.